The van der Waals surface area contributed by atoms with Crippen LogP contribution in [0.4, 0.5) is 0 Å². The van der Waals surface area contributed by atoms with Crippen molar-refractivity contribution in [3.8, 4) is 17.2 Å². The Hall–Kier alpha value is -2.08. The fourth-order valence-electron chi connectivity index (χ4n) is 2.41. The number of hydrogen-bond acceptors (Lipinski definition) is 6. The lowest BCUT2D eigenvalue weighted by molar-refractivity contribution is 0.0524. The van der Waals surface area contributed by atoms with E-state index in [4.69, 9.17) is 14.2 Å². The molecule has 0 unspecified atom stereocenters. The van der Waals surface area contributed by atoms with Crippen LogP contribution in [0.3, 0.4) is 0 Å². The molecule has 0 radical (unpaired) electrons. The number of hydrogen-bond donors (Lipinski definition) is 1. The van der Waals surface area contributed by atoms with E-state index in [9.17, 15) is 14.7 Å². The zero-order valence-electron chi connectivity index (χ0n) is 10.4. The Morgan fingerprint density at radius 3 is 2.74 bits per heavy atom. The maximum atomic E-state index is 12.2. The van der Waals surface area contributed by atoms with Gasteiger partial charge in [-0.2, -0.15) is 0 Å². The van der Waals surface area contributed by atoms with Crippen LogP contribution in [-0.2, 0) is 0 Å². The highest BCUT2D eigenvalue weighted by Gasteiger charge is 2.42. The molecule has 2 aliphatic rings. The third kappa shape index (κ3) is 1.46. The lowest BCUT2D eigenvalue weighted by Gasteiger charge is -2.26. The smallest absolute Gasteiger partial charge is 0.231 e. The van der Waals surface area contributed by atoms with Crippen LogP contribution in [0.1, 0.15) is 27.6 Å². The summed E-state index contributed by atoms with van der Waals surface area (Å²) in [7, 11) is 1.37. The summed E-state index contributed by atoms with van der Waals surface area (Å²) in [5.41, 5.74) is 0.284. The molecule has 100 valence electrons. The number of aliphatic hydroxyl groups excluding tert-OH is 1. The number of carbonyl (C=O) groups is 2. The first-order valence-electron chi connectivity index (χ1n) is 5.83. The minimum Gasteiger partial charge on any atom is -0.492 e. The number of Topliss-reactive ketones (excluding diaryl/α,β-unsaturated/α-hetero) is 2. The zero-order chi connectivity index (χ0) is 13.7. The van der Waals surface area contributed by atoms with E-state index in [0.717, 1.165) is 0 Å². The Morgan fingerprint density at radius 2 is 2.05 bits per heavy atom. The maximum Gasteiger partial charge on any atom is 0.231 e. The average molecular weight is 264 g/mol. The Kier molecular flexibility index (Phi) is 2.50. The molecule has 1 aromatic rings. The molecule has 6 heteroatoms. The van der Waals surface area contributed by atoms with Crippen molar-refractivity contribution in [3.63, 3.8) is 0 Å². The van der Waals surface area contributed by atoms with Gasteiger partial charge >= 0.3 is 0 Å². The lowest BCUT2D eigenvalue weighted by atomic mass is 9.80. The number of benzene rings is 1. The number of fused-ring (bicyclic) bond motifs is 2. The van der Waals surface area contributed by atoms with Crippen LogP contribution in [0, 0.1) is 5.92 Å². The molecule has 1 heterocycles. The quantitative estimate of drug-likeness (QED) is 0.808. The van der Waals surface area contributed by atoms with Gasteiger partial charge in [-0.25, -0.2) is 0 Å². The Labute approximate surface area is 108 Å². The predicted octanol–water partition coefficient (Wildman–Crippen LogP) is 0.800. The van der Waals surface area contributed by atoms with Gasteiger partial charge in [0, 0.05) is 5.56 Å². The predicted molar refractivity (Wildman–Crippen MR) is 62.9 cm³/mol. The summed E-state index contributed by atoms with van der Waals surface area (Å²) < 4.78 is 15.6. The molecule has 0 fully saturated rings. The normalized spacial score (nSPS) is 24.4. The molecule has 0 spiro atoms. The number of ether oxygens (including phenoxy) is 3. The van der Waals surface area contributed by atoms with Crippen LogP contribution in [0.5, 0.6) is 17.2 Å². The first-order chi connectivity index (χ1) is 9.06. The average Bonchev–Trinajstić information content (AvgIpc) is 2.88. The zero-order valence-corrected chi connectivity index (χ0v) is 10.4. The fourth-order valence-corrected chi connectivity index (χ4v) is 2.41. The topological polar surface area (TPSA) is 82.1 Å². The van der Waals surface area contributed by atoms with E-state index in [-0.39, 0.29) is 29.5 Å². The van der Waals surface area contributed by atoms with Crippen molar-refractivity contribution < 1.29 is 28.9 Å². The number of aliphatic hydroxyl groups is 1. The van der Waals surface area contributed by atoms with E-state index in [1.165, 1.54) is 20.1 Å². The molecular weight excluding hydrogens is 252 g/mol. The second kappa shape index (κ2) is 3.96. The standard InChI is InChI=1S/C13H12O6/c1-5-9(14)6-3-7-12(19-4-18-7)13(17-2)8(6)11(16)10(5)15/h3,5,10,15H,4H2,1-2H3/t5-,10+/m1/s1. The molecule has 19 heavy (non-hydrogen) atoms. The van der Waals surface area contributed by atoms with Crippen LogP contribution in [0.2, 0.25) is 0 Å². The highest BCUT2D eigenvalue weighted by Crippen LogP contribution is 2.47. The second-order valence-corrected chi connectivity index (χ2v) is 4.53. The van der Waals surface area contributed by atoms with E-state index in [0.29, 0.717) is 11.5 Å². The summed E-state index contributed by atoms with van der Waals surface area (Å²) in [5.74, 6) is -0.792. The lowest BCUT2D eigenvalue weighted by Crippen LogP contribution is -2.39. The Bertz CT molecular complexity index is 591. The van der Waals surface area contributed by atoms with Crippen LogP contribution in [0.15, 0.2) is 6.07 Å². The molecule has 0 bridgehead atoms. The largest absolute Gasteiger partial charge is 0.492 e. The van der Waals surface area contributed by atoms with E-state index >= 15 is 0 Å². The highest BCUT2D eigenvalue weighted by molar-refractivity contribution is 6.19. The second-order valence-electron chi connectivity index (χ2n) is 4.53. The maximum absolute atomic E-state index is 12.2. The number of methoxy groups -OCH3 is 1. The number of ketones is 2. The SMILES string of the molecule is COc1c2c(cc3c1C(=O)[C@@H](O)[C@H](C)C3=O)OCO2. The first-order valence-corrected chi connectivity index (χ1v) is 5.83. The van der Waals surface area contributed by atoms with Crippen molar-refractivity contribution in [1.29, 1.82) is 0 Å². The minimum absolute atomic E-state index is 0.00900. The summed E-state index contributed by atoms with van der Waals surface area (Å²) >= 11 is 0. The molecule has 2 atom stereocenters. The molecule has 6 nitrogen and oxygen atoms in total. The summed E-state index contributed by atoms with van der Waals surface area (Å²) in [6, 6.07) is 1.48. The van der Waals surface area contributed by atoms with Crippen molar-refractivity contribution in [2.75, 3.05) is 13.9 Å². The van der Waals surface area contributed by atoms with Crippen molar-refractivity contribution >= 4 is 11.6 Å². The molecule has 0 aromatic heterocycles. The fraction of sp³-hybridized carbons (Fsp3) is 0.385. The summed E-state index contributed by atoms with van der Waals surface area (Å²) in [5, 5.41) is 9.83. The number of rotatable bonds is 1. The van der Waals surface area contributed by atoms with Gasteiger partial charge in [0.25, 0.3) is 0 Å². The molecule has 1 N–H and O–H groups in total. The van der Waals surface area contributed by atoms with Gasteiger partial charge in [-0.3, -0.25) is 9.59 Å². The molecule has 0 saturated heterocycles. The van der Waals surface area contributed by atoms with E-state index in [1.54, 1.807) is 0 Å². The van der Waals surface area contributed by atoms with Crippen molar-refractivity contribution in [1.82, 2.24) is 0 Å². The van der Waals surface area contributed by atoms with Crippen LogP contribution < -0.4 is 14.2 Å². The minimum atomic E-state index is -1.35. The van der Waals surface area contributed by atoms with Gasteiger partial charge in [0.05, 0.1) is 18.6 Å². The van der Waals surface area contributed by atoms with Crippen LogP contribution in [0.25, 0.3) is 0 Å². The molecule has 1 aliphatic carbocycles. The summed E-state index contributed by atoms with van der Waals surface area (Å²) in [6.45, 7) is 1.53. The highest BCUT2D eigenvalue weighted by atomic mass is 16.7. The van der Waals surface area contributed by atoms with Gasteiger partial charge in [-0.05, 0) is 6.07 Å². The Balaban J connectivity index is 2.31. The van der Waals surface area contributed by atoms with Crippen molar-refractivity contribution in [3.05, 3.63) is 17.2 Å². The van der Waals surface area contributed by atoms with Gasteiger partial charge in [0.15, 0.2) is 23.1 Å². The van der Waals surface area contributed by atoms with Crippen molar-refractivity contribution in [2.24, 2.45) is 5.92 Å². The van der Waals surface area contributed by atoms with Gasteiger partial charge in [-0.15, -0.1) is 0 Å². The third-order valence-electron chi connectivity index (χ3n) is 3.49. The molecule has 1 aromatic carbocycles. The van der Waals surface area contributed by atoms with Gasteiger partial charge < -0.3 is 19.3 Å². The molecule has 1 aliphatic heterocycles. The van der Waals surface area contributed by atoms with E-state index < -0.39 is 17.8 Å². The Morgan fingerprint density at radius 1 is 1.32 bits per heavy atom. The van der Waals surface area contributed by atoms with E-state index in [1.807, 2.05) is 0 Å². The van der Waals surface area contributed by atoms with Crippen molar-refractivity contribution in [2.45, 2.75) is 13.0 Å². The molecule has 0 amide bonds. The monoisotopic (exact) mass is 264 g/mol. The number of carbonyl (C=O) groups excluding carboxylic acids is 2. The van der Waals surface area contributed by atoms with E-state index in [2.05, 4.69) is 0 Å². The summed E-state index contributed by atoms with van der Waals surface area (Å²) in [6.07, 6.45) is -1.35. The molecular formula is C13H12O6. The van der Waals surface area contributed by atoms with Gasteiger partial charge in [0.1, 0.15) is 6.10 Å². The molecule has 3 rings (SSSR count). The molecule has 0 saturated carbocycles. The van der Waals surface area contributed by atoms with Crippen LogP contribution >= 0.6 is 0 Å². The first kappa shape index (κ1) is 12.0. The van der Waals surface area contributed by atoms with Gasteiger partial charge in [0.2, 0.25) is 12.5 Å². The van der Waals surface area contributed by atoms with Gasteiger partial charge in [-0.1, -0.05) is 6.92 Å². The third-order valence-corrected chi connectivity index (χ3v) is 3.49. The van der Waals surface area contributed by atoms with Crippen LogP contribution in [-0.4, -0.2) is 36.7 Å². The summed E-state index contributed by atoms with van der Waals surface area (Å²) in [4.78, 5) is 24.3.